The fourth-order valence-electron chi connectivity index (χ4n) is 1.97. The molecule has 0 aliphatic rings. The molecule has 2 aromatic carbocycles. The van der Waals surface area contributed by atoms with Crippen molar-refractivity contribution in [3.8, 4) is 0 Å². The van der Waals surface area contributed by atoms with Crippen LogP contribution >= 0.6 is 0 Å². The summed E-state index contributed by atoms with van der Waals surface area (Å²) in [5, 5.41) is 5.11. The minimum Gasteiger partial charge on any atom is -0.326 e. The van der Waals surface area contributed by atoms with E-state index in [0.29, 0.717) is 5.69 Å². The Morgan fingerprint density at radius 1 is 0.920 bits per heavy atom. The van der Waals surface area contributed by atoms with E-state index < -0.39 is 17.6 Å². The van der Waals surface area contributed by atoms with Crippen LogP contribution in [0.2, 0.25) is 0 Å². The SMILES string of the molecule is CC(C)C(=O)Nc1ccc(C(=O)Nc2cccc(C(F)(F)F)c2)cc1. The number of amides is 2. The van der Waals surface area contributed by atoms with Crippen molar-refractivity contribution in [2.75, 3.05) is 10.6 Å². The summed E-state index contributed by atoms with van der Waals surface area (Å²) in [7, 11) is 0. The number of carbonyl (C=O) groups excluding carboxylic acids is 2. The number of hydrogen-bond acceptors (Lipinski definition) is 2. The van der Waals surface area contributed by atoms with Gasteiger partial charge < -0.3 is 10.6 Å². The number of carbonyl (C=O) groups is 2. The van der Waals surface area contributed by atoms with Gasteiger partial charge in [0.05, 0.1) is 5.56 Å². The average Bonchev–Trinajstić information content (AvgIpc) is 2.54. The summed E-state index contributed by atoms with van der Waals surface area (Å²) in [4.78, 5) is 23.7. The highest BCUT2D eigenvalue weighted by atomic mass is 19.4. The van der Waals surface area contributed by atoms with E-state index in [1.807, 2.05) is 0 Å². The fraction of sp³-hybridized carbons (Fsp3) is 0.222. The Kier molecular flexibility index (Phi) is 5.46. The van der Waals surface area contributed by atoms with Gasteiger partial charge in [-0.15, -0.1) is 0 Å². The molecule has 0 radical (unpaired) electrons. The quantitative estimate of drug-likeness (QED) is 0.850. The molecule has 0 spiro atoms. The first-order valence-electron chi connectivity index (χ1n) is 7.56. The zero-order valence-corrected chi connectivity index (χ0v) is 13.6. The lowest BCUT2D eigenvalue weighted by atomic mass is 10.1. The molecule has 0 saturated carbocycles. The van der Waals surface area contributed by atoms with Gasteiger partial charge in [0.25, 0.3) is 5.91 Å². The maximum Gasteiger partial charge on any atom is 0.416 e. The number of anilines is 2. The van der Waals surface area contributed by atoms with Gasteiger partial charge in [-0.25, -0.2) is 0 Å². The van der Waals surface area contributed by atoms with Crippen molar-refractivity contribution in [3.63, 3.8) is 0 Å². The van der Waals surface area contributed by atoms with Gasteiger partial charge in [0.1, 0.15) is 0 Å². The van der Waals surface area contributed by atoms with Gasteiger partial charge in [-0.05, 0) is 42.5 Å². The molecular formula is C18H17F3N2O2. The van der Waals surface area contributed by atoms with Crippen molar-refractivity contribution in [1.82, 2.24) is 0 Å². The second-order valence-corrected chi connectivity index (χ2v) is 5.75. The topological polar surface area (TPSA) is 58.2 Å². The summed E-state index contributed by atoms with van der Waals surface area (Å²) >= 11 is 0. The van der Waals surface area contributed by atoms with E-state index >= 15 is 0 Å². The van der Waals surface area contributed by atoms with Crippen LogP contribution < -0.4 is 10.6 Å². The molecule has 0 saturated heterocycles. The summed E-state index contributed by atoms with van der Waals surface area (Å²) in [6.07, 6.45) is -4.48. The molecule has 2 rings (SSSR count). The summed E-state index contributed by atoms with van der Waals surface area (Å²) < 4.78 is 38.1. The number of alkyl halides is 3. The Labute approximate surface area is 143 Å². The number of halogens is 3. The molecule has 4 nitrogen and oxygen atoms in total. The van der Waals surface area contributed by atoms with Crippen molar-refractivity contribution in [1.29, 1.82) is 0 Å². The number of benzene rings is 2. The van der Waals surface area contributed by atoms with Gasteiger partial charge in [0.2, 0.25) is 5.91 Å². The molecule has 2 amide bonds. The van der Waals surface area contributed by atoms with Gasteiger partial charge in [0.15, 0.2) is 0 Å². The molecule has 25 heavy (non-hydrogen) atoms. The molecule has 0 unspecified atom stereocenters. The largest absolute Gasteiger partial charge is 0.416 e. The molecular weight excluding hydrogens is 333 g/mol. The van der Waals surface area contributed by atoms with Crippen LogP contribution in [0.15, 0.2) is 48.5 Å². The van der Waals surface area contributed by atoms with Crippen molar-refractivity contribution in [2.24, 2.45) is 5.92 Å². The van der Waals surface area contributed by atoms with Gasteiger partial charge in [-0.3, -0.25) is 9.59 Å². The lowest BCUT2D eigenvalue weighted by molar-refractivity contribution is -0.137. The zero-order chi connectivity index (χ0) is 18.6. The molecule has 0 heterocycles. The highest BCUT2D eigenvalue weighted by molar-refractivity contribution is 6.04. The van der Waals surface area contributed by atoms with E-state index in [1.54, 1.807) is 26.0 Å². The molecule has 0 bridgehead atoms. The molecule has 0 aliphatic heterocycles. The third kappa shape index (κ3) is 5.07. The van der Waals surface area contributed by atoms with Crippen molar-refractivity contribution < 1.29 is 22.8 Å². The van der Waals surface area contributed by atoms with Gasteiger partial charge >= 0.3 is 6.18 Å². The Hall–Kier alpha value is -2.83. The van der Waals surface area contributed by atoms with Crippen LogP contribution in [0.1, 0.15) is 29.8 Å². The van der Waals surface area contributed by atoms with Crippen LogP contribution in [0.5, 0.6) is 0 Å². The van der Waals surface area contributed by atoms with Crippen LogP contribution in [-0.4, -0.2) is 11.8 Å². The average molecular weight is 350 g/mol. The van der Waals surface area contributed by atoms with E-state index in [0.717, 1.165) is 12.1 Å². The summed E-state index contributed by atoms with van der Waals surface area (Å²) in [6, 6.07) is 10.5. The van der Waals surface area contributed by atoms with E-state index in [-0.39, 0.29) is 23.1 Å². The molecule has 0 aliphatic carbocycles. The maximum absolute atomic E-state index is 12.7. The van der Waals surface area contributed by atoms with Crippen molar-refractivity contribution in [2.45, 2.75) is 20.0 Å². The summed E-state index contributed by atoms with van der Waals surface area (Å²) in [6.45, 7) is 3.51. The second kappa shape index (κ2) is 7.38. The first-order valence-corrected chi connectivity index (χ1v) is 7.56. The molecule has 0 aromatic heterocycles. The van der Waals surface area contributed by atoms with Gasteiger partial charge in [-0.1, -0.05) is 19.9 Å². The van der Waals surface area contributed by atoms with E-state index in [9.17, 15) is 22.8 Å². The lowest BCUT2D eigenvalue weighted by Crippen LogP contribution is -2.18. The number of nitrogens with one attached hydrogen (secondary N) is 2. The molecule has 2 aromatic rings. The van der Waals surface area contributed by atoms with Crippen LogP contribution in [0.3, 0.4) is 0 Å². The fourth-order valence-corrected chi connectivity index (χ4v) is 1.97. The van der Waals surface area contributed by atoms with Crippen LogP contribution in [0.4, 0.5) is 24.5 Å². The lowest BCUT2D eigenvalue weighted by Gasteiger charge is -2.11. The second-order valence-electron chi connectivity index (χ2n) is 5.75. The van der Waals surface area contributed by atoms with Crippen LogP contribution in [-0.2, 0) is 11.0 Å². The zero-order valence-electron chi connectivity index (χ0n) is 13.6. The third-order valence-corrected chi connectivity index (χ3v) is 3.39. The first kappa shape index (κ1) is 18.5. The molecule has 132 valence electrons. The Bertz CT molecular complexity index is 769. The molecule has 0 atom stereocenters. The van der Waals surface area contributed by atoms with Crippen LogP contribution in [0, 0.1) is 5.92 Å². The number of rotatable bonds is 4. The van der Waals surface area contributed by atoms with Crippen LogP contribution in [0.25, 0.3) is 0 Å². The summed E-state index contributed by atoms with van der Waals surface area (Å²) in [5.41, 5.74) is 0.0170. The predicted molar refractivity (Wildman–Crippen MR) is 89.3 cm³/mol. The summed E-state index contributed by atoms with van der Waals surface area (Å²) in [5.74, 6) is -0.869. The number of hydrogen-bond donors (Lipinski definition) is 2. The molecule has 2 N–H and O–H groups in total. The molecule has 0 fully saturated rings. The standard InChI is InChI=1S/C18H17F3N2O2/c1-11(2)16(24)22-14-8-6-12(7-9-14)17(25)23-15-5-3-4-13(10-15)18(19,20)21/h3-11H,1-2H3,(H,22,24)(H,23,25). The molecule has 7 heteroatoms. The monoisotopic (exact) mass is 350 g/mol. The highest BCUT2D eigenvalue weighted by Gasteiger charge is 2.30. The van der Waals surface area contributed by atoms with Gasteiger partial charge in [-0.2, -0.15) is 13.2 Å². The highest BCUT2D eigenvalue weighted by Crippen LogP contribution is 2.30. The third-order valence-electron chi connectivity index (χ3n) is 3.39. The Morgan fingerprint density at radius 2 is 1.56 bits per heavy atom. The predicted octanol–water partition coefficient (Wildman–Crippen LogP) is 4.55. The van der Waals surface area contributed by atoms with E-state index in [1.165, 1.54) is 24.3 Å². The van der Waals surface area contributed by atoms with E-state index in [2.05, 4.69) is 10.6 Å². The maximum atomic E-state index is 12.7. The smallest absolute Gasteiger partial charge is 0.326 e. The van der Waals surface area contributed by atoms with Gasteiger partial charge in [0, 0.05) is 22.9 Å². The van der Waals surface area contributed by atoms with E-state index in [4.69, 9.17) is 0 Å². The van der Waals surface area contributed by atoms with Crippen molar-refractivity contribution >= 4 is 23.2 Å². The minimum absolute atomic E-state index is 0.0528. The van der Waals surface area contributed by atoms with Crippen molar-refractivity contribution in [3.05, 3.63) is 59.7 Å². The minimum atomic E-state index is -4.48. The Balaban J connectivity index is 2.07. The first-order chi connectivity index (χ1) is 11.7. The normalized spacial score (nSPS) is 11.3. The Morgan fingerprint density at radius 3 is 2.12 bits per heavy atom.